The van der Waals surface area contributed by atoms with Crippen molar-refractivity contribution in [1.82, 2.24) is 12.3 Å². The molecule has 9 heteroatoms. The number of rotatable bonds is 0. The molecule has 8 N–H and O–H groups in total. The van der Waals surface area contributed by atoms with Crippen LogP contribution in [0.25, 0.3) is 0 Å². The van der Waals surface area contributed by atoms with Crippen molar-refractivity contribution in [2.24, 2.45) is 0 Å². The van der Waals surface area contributed by atoms with Crippen molar-refractivity contribution in [2.75, 3.05) is 0 Å². The molecule has 0 aliphatic rings. The molecule has 69 valence electrons. The smallest absolute Gasteiger partial charge is 0.369 e. The third-order valence-electron chi connectivity index (χ3n) is 0. The van der Waals surface area contributed by atoms with Crippen LogP contribution in [0.2, 0.25) is 0 Å². The third-order valence-corrected chi connectivity index (χ3v) is 0. The van der Waals surface area contributed by atoms with Crippen LogP contribution in [0.1, 0.15) is 0 Å². The van der Waals surface area contributed by atoms with E-state index in [0.29, 0.717) is 0 Å². The van der Waals surface area contributed by atoms with Crippen LogP contribution in [0.15, 0.2) is 0 Å². The van der Waals surface area contributed by atoms with E-state index in [9.17, 15) is 0 Å². The van der Waals surface area contributed by atoms with Crippen LogP contribution in [0, 0.1) is 0 Å². The fourth-order valence-electron chi connectivity index (χ4n) is 0. The molecular formula is H8Cl6IrN2. The molecule has 0 aliphatic heterocycles. The van der Waals surface area contributed by atoms with Crippen molar-refractivity contribution in [1.29, 1.82) is 0 Å². The molecule has 2 nitrogen and oxygen atoms in total. The Kier molecular flexibility index (Phi) is 43.4. The zero-order chi connectivity index (χ0) is 4.50. The predicted molar refractivity (Wildman–Crippen MR) is 35.4 cm³/mol. The molecule has 0 radical (unpaired) electrons. The zero-order valence-corrected chi connectivity index (χ0v) is 11.5. The summed E-state index contributed by atoms with van der Waals surface area (Å²) in [6.07, 6.45) is 0. The second kappa shape index (κ2) is 12.9. The van der Waals surface area contributed by atoms with Crippen molar-refractivity contribution >= 4 is 38.3 Å². The van der Waals surface area contributed by atoms with Gasteiger partial charge in [-0.1, -0.05) is 0 Å². The number of hydrogen-bond acceptors (Lipinski definition) is 0. The van der Waals surface area contributed by atoms with Gasteiger partial charge in [-0.05, 0) is 0 Å². The number of halogens is 6. The topological polar surface area (TPSA) is 73.0 Å². The average Bonchev–Trinajstić information content (AvgIpc) is 0.722. The second-order valence-corrected chi connectivity index (χ2v) is 21.0. The van der Waals surface area contributed by atoms with E-state index in [1.165, 1.54) is 0 Å². The van der Waals surface area contributed by atoms with Gasteiger partial charge in [0, 0.05) is 0 Å². The maximum absolute atomic E-state index is 5.01. The molecule has 0 aliphatic carbocycles. The second-order valence-electron chi connectivity index (χ2n) is 0.286. The minimum absolute atomic E-state index is 0. The first-order valence-electron chi connectivity index (χ1n) is 0.504. The first-order valence-corrected chi connectivity index (χ1v) is 12.4. The van der Waals surface area contributed by atoms with E-state index >= 15 is 0 Å². The first kappa shape index (κ1) is 30.2. The van der Waals surface area contributed by atoms with E-state index in [1.54, 1.807) is 0 Å². The fourth-order valence-corrected chi connectivity index (χ4v) is 0. The Morgan fingerprint density at radius 3 is 0.667 bits per heavy atom. The molecule has 0 rings (SSSR count). The van der Waals surface area contributed by atoms with Crippen LogP contribution >= 0.6 is 38.3 Å². The minimum atomic E-state index is -3.11. The summed E-state index contributed by atoms with van der Waals surface area (Å²) < 4.78 is 0. The molecule has 0 aromatic rings. The van der Waals surface area contributed by atoms with Crippen molar-refractivity contribution in [2.45, 2.75) is 0 Å². The van der Waals surface area contributed by atoms with Crippen molar-refractivity contribution < 1.29 is 36.1 Å². The summed E-state index contributed by atoms with van der Waals surface area (Å²) in [6.45, 7) is 0. The molecule has 0 aromatic heterocycles. The van der Waals surface area contributed by atoms with Gasteiger partial charge in [0.15, 0.2) is 0 Å². The third kappa shape index (κ3) is 133. The summed E-state index contributed by atoms with van der Waals surface area (Å²) >= 11 is -3.11. The Hall–Kier alpha value is 2.31. The fraction of sp³-hybridized carbons (Fsp3) is 0. The number of hydrogen-bond donors (Lipinski definition) is 2. The summed E-state index contributed by atoms with van der Waals surface area (Å²) in [5.74, 6) is 0. The zero-order valence-electron chi connectivity index (χ0n) is 4.60. The van der Waals surface area contributed by atoms with Gasteiger partial charge in [0.1, 0.15) is 0 Å². The maximum atomic E-state index is 5.01. The van der Waals surface area contributed by atoms with Crippen molar-refractivity contribution in [3.63, 3.8) is 0 Å². The molecular weight excluding hydrogens is 433 g/mol. The quantitative estimate of drug-likeness (QED) is 0.418. The molecule has 0 bridgehead atoms. The Morgan fingerprint density at radius 2 is 0.667 bits per heavy atom. The van der Waals surface area contributed by atoms with Crippen LogP contribution in [0.4, 0.5) is 0 Å². The van der Waals surface area contributed by atoms with Crippen molar-refractivity contribution in [3.05, 3.63) is 0 Å². The van der Waals surface area contributed by atoms with Gasteiger partial charge >= 0.3 is 49.6 Å². The Labute approximate surface area is 85.9 Å². The van der Waals surface area contributed by atoms with Crippen LogP contribution in [0.5, 0.6) is 0 Å². The summed E-state index contributed by atoms with van der Waals surface area (Å²) in [7, 11) is 20.1. The molecule has 0 atom stereocenters. The maximum Gasteiger partial charge on any atom is -0.369 e. The van der Waals surface area contributed by atoms with Crippen LogP contribution in [-0.2, 0) is 11.2 Å². The van der Waals surface area contributed by atoms with E-state index in [2.05, 4.69) is 0 Å². The molecule has 0 fully saturated rings. The van der Waals surface area contributed by atoms with E-state index in [0.717, 1.165) is 0 Å². The van der Waals surface area contributed by atoms with Gasteiger partial charge in [0.25, 0.3) is 0 Å². The summed E-state index contributed by atoms with van der Waals surface area (Å²) in [5.41, 5.74) is 0. The number of quaternary nitrogens is 2. The van der Waals surface area contributed by atoms with Crippen LogP contribution in [-0.4, -0.2) is 0 Å². The van der Waals surface area contributed by atoms with Gasteiger partial charge in [-0.2, -0.15) is 0 Å². The van der Waals surface area contributed by atoms with Crippen LogP contribution < -0.4 is 37.1 Å². The molecule has 0 saturated carbocycles. The minimum Gasteiger partial charge on any atom is -0.369 e. The Bertz CT molecular complexity index is 26.5. The van der Waals surface area contributed by atoms with Gasteiger partial charge in [-0.15, -0.1) is 0 Å². The Balaban J connectivity index is -0.0000000133. The average molecular weight is 441 g/mol. The van der Waals surface area contributed by atoms with Gasteiger partial charge in [-0.3, -0.25) is 0 Å². The predicted octanol–water partition coefficient (Wildman–Crippen LogP) is -2.48. The molecule has 9 heavy (non-hydrogen) atoms. The Morgan fingerprint density at radius 1 is 0.667 bits per heavy atom. The summed E-state index contributed by atoms with van der Waals surface area (Å²) in [4.78, 5) is 0. The largest absolute Gasteiger partial charge is 0.369 e. The first-order chi connectivity index (χ1) is 2.00. The monoisotopic (exact) mass is 439 g/mol. The van der Waals surface area contributed by atoms with Gasteiger partial charge < -0.3 is 37.1 Å². The molecule has 0 unspecified atom stereocenters. The van der Waals surface area contributed by atoms with E-state index in [-0.39, 0.29) is 37.1 Å². The molecule has 0 aromatic carbocycles. The van der Waals surface area contributed by atoms with E-state index in [1.807, 2.05) is 0 Å². The summed E-state index contributed by atoms with van der Waals surface area (Å²) in [5, 5.41) is 0. The molecule has 0 saturated heterocycles. The van der Waals surface area contributed by atoms with E-state index in [4.69, 9.17) is 38.3 Å². The van der Waals surface area contributed by atoms with Crippen LogP contribution in [0.3, 0.4) is 0 Å². The van der Waals surface area contributed by atoms with Crippen molar-refractivity contribution in [3.8, 4) is 0 Å². The molecule has 0 heterocycles. The van der Waals surface area contributed by atoms with E-state index < -0.39 is 11.2 Å². The summed E-state index contributed by atoms with van der Waals surface area (Å²) in [6, 6.07) is 0. The normalized spacial score (nSPS) is 8.44. The standard InChI is InChI=1S/6ClH.Ir.2H3N/h6*1H;;2*1H3/q;;;;;;+4;;/p-4. The SMILES string of the molecule is [Cl-].[Cl-].[Cl][Ir]([Cl])([Cl])[Cl].[NH4+].[NH4+]. The van der Waals surface area contributed by atoms with Gasteiger partial charge in [0.05, 0.1) is 0 Å². The van der Waals surface area contributed by atoms with Gasteiger partial charge in [0.2, 0.25) is 0 Å². The molecule has 0 amide bonds. The van der Waals surface area contributed by atoms with Gasteiger partial charge in [-0.25, -0.2) is 0 Å². The molecule has 0 spiro atoms.